The second-order valence-electron chi connectivity index (χ2n) is 7.44. The Morgan fingerprint density at radius 2 is 1.88 bits per heavy atom. The third-order valence-electron chi connectivity index (χ3n) is 5.80. The molecule has 0 radical (unpaired) electrons. The Kier molecular flexibility index (Phi) is 4.31. The Labute approximate surface area is 142 Å². The van der Waals surface area contributed by atoms with E-state index in [0.717, 1.165) is 51.4 Å². The minimum Gasteiger partial charge on any atom is -0.379 e. The molecule has 3 aliphatic rings. The predicted octanol–water partition coefficient (Wildman–Crippen LogP) is 2.11. The standard InChI is InChI=1S/C19H25FN2O2/c1-13-11-22(12-18(13)21-6-8-24-9-7-21)19(23)17-10-16(17)14-2-4-15(20)5-3-14/h2-5,13,16-18H,6-12H2,1H3/t13-,16-,17-,18+/m1/s1. The van der Waals surface area contributed by atoms with Crippen LogP contribution in [-0.2, 0) is 9.53 Å². The van der Waals surface area contributed by atoms with Gasteiger partial charge in [0.2, 0.25) is 5.91 Å². The number of amides is 1. The van der Waals surface area contributed by atoms with Crippen LogP contribution in [0.2, 0.25) is 0 Å². The highest BCUT2D eigenvalue weighted by atomic mass is 19.1. The summed E-state index contributed by atoms with van der Waals surface area (Å²) in [7, 11) is 0. The first-order chi connectivity index (χ1) is 11.6. The molecule has 1 amide bonds. The van der Waals surface area contributed by atoms with Crippen LogP contribution in [0.3, 0.4) is 0 Å². The molecule has 4 rings (SSSR count). The highest BCUT2D eigenvalue weighted by molar-refractivity contribution is 5.83. The highest BCUT2D eigenvalue weighted by Crippen LogP contribution is 2.49. The number of ether oxygens (including phenoxy) is 1. The van der Waals surface area contributed by atoms with E-state index in [2.05, 4.69) is 16.7 Å². The Morgan fingerprint density at radius 1 is 1.17 bits per heavy atom. The van der Waals surface area contributed by atoms with E-state index >= 15 is 0 Å². The topological polar surface area (TPSA) is 32.8 Å². The van der Waals surface area contributed by atoms with E-state index in [0.29, 0.717) is 12.0 Å². The number of carbonyl (C=O) groups is 1. The first-order valence-corrected chi connectivity index (χ1v) is 8.99. The number of hydrogen-bond acceptors (Lipinski definition) is 3. The van der Waals surface area contributed by atoms with Gasteiger partial charge in [0.05, 0.1) is 13.2 Å². The fourth-order valence-corrected chi connectivity index (χ4v) is 4.29. The van der Waals surface area contributed by atoms with Crippen molar-refractivity contribution in [2.24, 2.45) is 11.8 Å². The van der Waals surface area contributed by atoms with Crippen molar-refractivity contribution in [3.05, 3.63) is 35.6 Å². The quantitative estimate of drug-likeness (QED) is 0.850. The summed E-state index contributed by atoms with van der Waals surface area (Å²) in [6, 6.07) is 7.07. The van der Waals surface area contributed by atoms with Crippen molar-refractivity contribution in [1.82, 2.24) is 9.80 Å². The number of rotatable bonds is 3. The zero-order chi connectivity index (χ0) is 16.7. The van der Waals surface area contributed by atoms with Crippen molar-refractivity contribution >= 4 is 5.91 Å². The first kappa shape index (κ1) is 16.0. The molecule has 3 fully saturated rings. The van der Waals surface area contributed by atoms with Crippen LogP contribution in [-0.4, -0.2) is 61.1 Å². The number of likely N-dealkylation sites (tertiary alicyclic amines) is 1. The average Bonchev–Trinajstić information content (AvgIpc) is 3.31. The minimum absolute atomic E-state index is 0.0890. The maximum atomic E-state index is 13.0. The van der Waals surface area contributed by atoms with Crippen molar-refractivity contribution in [3.8, 4) is 0 Å². The molecule has 0 unspecified atom stereocenters. The van der Waals surface area contributed by atoms with Crippen molar-refractivity contribution in [1.29, 1.82) is 0 Å². The van der Waals surface area contributed by atoms with Crippen LogP contribution >= 0.6 is 0 Å². The summed E-state index contributed by atoms with van der Waals surface area (Å²) >= 11 is 0. The SMILES string of the molecule is C[C@@H]1CN(C(=O)[C@@H]2C[C@@H]2c2ccc(F)cc2)C[C@@H]1N1CCOCC1. The molecule has 2 saturated heterocycles. The van der Waals surface area contributed by atoms with Gasteiger partial charge in [0.25, 0.3) is 0 Å². The van der Waals surface area contributed by atoms with E-state index in [-0.39, 0.29) is 23.6 Å². The Balaban J connectivity index is 1.36. The number of nitrogens with zero attached hydrogens (tertiary/aromatic N) is 2. The normalized spacial score (nSPS) is 33.7. The van der Waals surface area contributed by atoms with Gasteiger partial charge in [-0.3, -0.25) is 9.69 Å². The first-order valence-electron chi connectivity index (χ1n) is 8.99. The molecule has 0 bridgehead atoms. The third kappa shape index (κ3) is 3.07. The van der Waals surface area contributed by atoms with Gasteiger partial charge in [-0.15, -0.1) is 0 Å². The molecule has 0 spiro atoms. The smallest absolute Gasteiger partial charge is 0.226 e. The fourth-order valence-electron chi connectivity index (χ4n) is 4.29. The summed E-state index contributed by atoms with van der Waals surface area (Å²) in [6.45, 7) is 7.48. The van der Waals surface area contributed by atoms with Crippen molar-refractivity contribution in [2.45, 2.75) is 25.3 Å². The molecular formula is C19H25FN2O2. The molecule has 1 saturated carbocycles. The lowest BCUT2D eigenvalue weighted by Crippen LogP contribution is -2.47. The van der Waals surface area contributed by atoms with Crippen LogP contribution in [0.1, 0.15) is 24.8 Å². The molecule has 0 N–H and O–H groups in total. The van der Waals surface area contributed by atoms with Crippen LogP contribution in [0.4, 0.5) is 4.39 Å². The molecule has 5 heteroatoms. The van der Waals surface area contributed by atoms with Gasteiger partial charge in [0, 0.05) is 38.1 Å². The van der Waals surface area contributed by atoms with E-state index in [1.54, 1.807) is 0 Å². The molecule has 1 aliphatic carbocycles. The van der Waals surface area contributed by atoms with E-state index < -0.39 is 0 Å². The fraction of sp³-hybridized carbons (Fsp3) is 0.632. The molecule has 1 aromatic rings. The molecule has 4 nitrogen and oxygen atoms in total. The number of benzene rings is 1. The average molecular weight is 332 g/mol. The van der Waals surface area contributed by atoms with Gasteiger partial charge in [0.1, 0.15) is 5.82 Å². The van der Waals surface area contributed by atoms with Crippen LogP contribution in [0.25, 0.3) is 0 Å². The maximum absolute atomic E-state index is 13.0. The van der Waals surface area contributed by atoms with Crippen LogP contribution in [0, 0.1) is 17.7 Å². The molecule has 130 valence electrons. The molecule has 2 aliphatic heterocycles. The summed E-state index contributed by atoms with van der Waals surface area (Å²) < 4.78 is 18.5. The largest absolute Gasteiger partial charge is 0.379 e. The molecular weight excluding hydrogens is 307 g/mol. The molecule has 4 atom stereocenters. The zero-order valence-electron chi connectivity index (χ0n) is 14.2. The van der Waals surface area contributed by atoms with Gasteiger partial charge < -0.3 is 9.64 Å². The van der Waals surface area contributed by atoms with Crippen molar-refractivity contribution in [3.63, 3.8) is 0 Å². The van der Waals surface area contributed by atoms with Gasteiger partial charge in [-0.05, 0) is 36.0 Å². The van der Waals surface area contributed by atoms with E-state index in [1.165, 1.54) is 12.1 Å². The number of morpholine rings is 1. The lowest BCUT2D eigenvalue weighted by atomic mass is 10.0. The highest BCUT2D eigenvalue weighted by Gasteiger charge is 2.48. The summed E-state index contributed by atoms with van der Waals surface area (Å²) in [5, 5.41) is 0. The van der Waals surface area contributed by atoms with Gasteiger partial charge in [-0.1, -0.05) is 19.1 Å². The number of carbonyl (C=O) groups excluding carboxylic acids is 1. The Hall–Kier alpha value is -1.46. The van der Waals surface area contributed by atoms with Crippen LogP contribution in [0.15, 0.2) is 24.3 Å². The van der Waals surface area contributed by atoms with Gasteiger partial charge in [-0.25, -0.2) is 4.39 Å². The molecule has 0 aromatic heterocycles. The van der Waals surface area contributed by atoms with E-state index in [4.69, 9.17) is 4.74 Å². The van der Waals surface area contributed by atoms with Crippen molar-refractivity contribution in [2.75, 3.05) is 39.4 Å². The van der Waals surface area contributed by atoms with Crippen LogP contribution in [0.5, 0.6) is 0 Å². The maximum Gasteiger partial charge on any atom is 0.226 e. The van der Waals surface area contributed by atoms with Gasteiger partial charge in [-0.2, -0.15) is 0 Å². The van der Waals surface area contributed by atoms with E-state index in [9.17, 15) is 9.18 Å². The number of halogens is 1. The van der Waals surface area contributed by atoms with Gasteiger partial charge >= 0.3 is 0 Å². The monoisotopic (exact) mass is 332 g/mol. The zero-order valence-corrected chi connectivity index (χ0v) is 14.2. The number of hydrogen-bond donors (Lipinski definition) is 0. The summed E-state index contributed by atoms with van der Waals surface area (Å²) in [5.41, 5.74) is 1.09. The summed E-state index contributed by atoms with van der Waals surface area (Å²) in [4.78, 5) is 17.4. The summed E-state index contributed by atoms with van der Waals surface area (Å²) in [5.74, 6) is 0.938. The minimum atomic E-state index is -0.219. The second kappa shape index (κ2) is 6.45. The molecule has 2 heterocycles. The van der Waals surface area contributed by atoms with E-state index in [1.807, 2.05) is 12.1 Å². The lowest BCUT2D eigenvalue weighted by Gasteiger charge is -2.34. The summed E-state index contributed by atoms with van der Waals surface area (Å²) in [6.07, 6.45) is 0.900. The van der Waals surface area contributed by atoms with Crippen molar-refractivity contribution < 1.29 is 13.9 Å². The Bertz CT molecular complexity index is 600. The predicted molar refractivity (Wildman–Crippen MR) is 89.2 cm³/mol. The second-order valence-corrected chi connectivity index (χ2v) is 7.44. The molecule has 1 aromatic carbocycles. The molecule has 24 heavy (non-hydrogen) atoms. The Morgan fingerprint density at radius 3 is 2.58 bits per heavy atom. The lowest BCUT2D eigenvalue weighted by molar-refractivity contribution is -0.131. The van der Waals surface area contributed by atoms with Crippen LogP contribution < -0.4 is 0 Å². The third-order valence-corrected chi connectivity index (χ3v) is 5.80. The van der Waals surface area contributed by atoms with Gasteiger partial charge in [0.15, 0.2) is 0 Å².